The number of amides is 1. The maximum absolute atomic E-state index is 11.9. The highest BCUT2D eigenvalue weighted by atomic mass is 32.2. The van der Waals surface area contributed by atoms with Gasteiger partial charge in [-0.15, -0.1) is 5.10 Å². The van der Waals surface area contributed by atoms with E-state index in [0.717, 1.165) is 5.82 Å². The van der Waals surface area contributed by atoms with Crippen LogP contribution in [0.25, 0.3) is 0 Å². The minimum absolute atomic E-state index is 0.121. The zero-order valence-electron chi connectivity index (χ0n) is 11.3. The van der Waals surface area contributed by atoms with Crippen molar-refractivity contribution in [1.82, 2.24) is 15.2 Å². The molecule has 0 fully saturated rings. The van der Waals surface area contributed by atoms with E-state index >= 15 is 0 Å². The molecular formula is C13H16N4O2S. The molecule has 106 valence electrons. The van der Waals surface area contributed by atoms with Crippen LogP contribution in [0, 0.1) is 6.92 Å². The summed E-state index contributed by atoms with van der Waals surface area (Å²) < 4.78 is 5.45. The lowest BCUT2D eigenvalue weighted by molar-refractivity contribution is -0.113. The Morgan fingerprint density at radius 3 is 2.95 bits per heavy atom. The molecule has 0 aliphatic heterocycles. The van der Waals surface area contributed by atoms with Gasteiger partial charge in [-0.1, -0.05) is 23.9 Å². The summed E-state index contributed by atoms with van der Waals surface area (Å²) in [6, 6.07) is 7.35. The van der Waals surface area contributed by atoms with Crippen LogP contribution in [0.5, 0.6) is 5.75 Å². The van der Waals surface area contributed by atoms with Crippen molar-refractivity contribution in [2.75, 3.05) is 17.7 Å². The number of nitrogens with one attached hydrogen (secondary N) is 2. The number of thioether (sulfide) groups is 1. The molecule has 0 aliphatic rings. The summed E-state index contributed by atoms with van der Waals surface area (Å²) in [7, 11) is 0. The molecule has 7 heteroatoms. The first kappa shape index (κ1) is 14.4. The third kappa shape index (κ3) is 3.99. The van der Waals surface area contributed by atoms with E-state index in [1.165, 1.54) is 11.8 Å². The summed E-state index contributed by atoms with van der Waals surface area (Å²) in [5.41, 5.74) is 0.672. The van der Waals surface area contributed by atoms with Gasteiger partial charge in [0.2, 0.25) is 11.1 Å². The highest BCUT2D eigenvalue weighted by Crippen LogP contribution is 2.24. The Hall–Kier alpha value is -2.02. The largest absolute Gasteiger partial charge is 0.492 e. The first-order chi connectivity index (χ1) is 9.69. The number of carbonyl (C=O) groups excluding carboxylic acids is 1. The Labute approximate surface area is 121 Å². The van der Waals surface area contributed by atoms with Gasteiger partial charge in [-0.3, -0.25) is 9.89 Å². The fraction of sp³-hybridized carbons (Fsp3) is 0.308. The van der Waals surface area contributed by atoms with E-state index < -0.39 is 0 Å². The van der Waals surface area contributed by atoms with Crippen LogP contribution in [0.4, 0.5) is 5.69 Å². The molecular weight excluding hydrogens is 276 g/mol. The van der Waals surface area contributed by atoms with Crippen LogP contribution < -0.4 is 10.1 Å². The summed E-state index contributed by atoms with van der Waals surface area (Å²) in [6.45, 7) is 4.27. The van der Waals surface area contributed by atoms with Crippen molar-refractivity contribution in [2.45, 2.75) is 19.0 Å². The number of aromatic amines is 1. The van der Waals surface area contributed by atoms with Gasteiger partial charge in [0.25, 0.3) is 0 Å². The third-order valence-corrected chi connectivity index (χ3v) is 3.22. The van der Waals surface area contributed by atoms with Gasteiger partial charge in [-0.2, -0.15) is 0 Å². The van der Waals surface area contributed by atoms with Gasteiger partial charge in [0.1, 0.15) is 11.6 Å². The Balaban J connectivity index is 1.91. The van der Waals surface area contributed by atoms with Crippen molar-refractivity contribution >= 4 is 23.4 Å². The number of hydrogen-bond donors (Lipinski definition) is 2. The van der Waals surface area contributed by atoms with E-state index in [1.807, 2.05) is 38.1 Å². The van der Waals surface area contributed by atoms with E-state index in [4.69, 9.17) is 4.74 Å². The van der Waals surface area contributed by atoms with Crippen LogP contribution in [0.15, 0.2) is 29.4 Å². The number of nitrogens with zero attached hydrogens (tertiary/aromatic N) is 2. The smallest absolute Gasteiger partial charge is 0.234 e. The fourth-order valence-corrected chi connectivity index (χ4v) is 2.20. The van der Waals surface area contributed by atoms with E-state index in [-0.39, 0.29) is 11.7 Å². The van der Waals surface area contributed by atoms with Gasteiger partial charge in [0.15, 0.2) is 0 Å². The molecule has 2 N–H and O–H groups in total. The maximum Gasteiger partial charge on any atom is 0.234 e. The monoisotopic (exact) mass is 292 g/mol. The zero-order chi connectivity index (χ0) is 14.4. The number of benzene rings is 1. The lowest BCUT2D eigenvalue weighted by Crippen LogP contribution is -2.15. The van der Waals surface area contributed by atoms with E-state index in [2.05, 4.69) is 20.5 Å². The molecule has 2 rings (SSSR count). The van der Waals surface area contributed by atoms with Gasteiger partial charge in [-0.25, -0.2) is 4.98 Å². The minimum atomic E-state index is -0.121. The van der Waals surface area contributed by atoms with Crippen molar-refractivity contribution in [2.24, 2.45) is 0 Å². The summed E-state index contributed by atoms with van der Waals surface area (Å²) in [5.74, 6) is 1.53. The molecule has 0 saturated heterocycles. The summed E-state index contributed by atoms with van der Waals surface area (Å²) >= 11 is 1.28. The van der Waals surface area contributed by atoms with Crippen LogP contribution in [-0.4, -0.2) is 33.4 Å². The molecule has 1 amide bonds. The third-order valence-electron chi connectivity index (χ3n) is 2.37. The first-order valence-corrected chi connectivity index (χ1v) is 7.21. The number of rotatable bonds is 6. The highest BCUT2D eigenvalue weighted by Gasteiger charge is 2.09. The molecule has 0 radical (unpaired) electrons. The molecule has 0 atom stereocenters. The molecule has 2 aromatic rings. The summed E-state index contributed by atoms with van der Waals surface area (Å²) in [5, 5.41) is 10.1. The summed E-state index contributed by atoms with van der Waals surface area (Å²) in [4.78, 5) is 16.0. The van der Waals surface area contributed by atoms with Crippen molar-refractivity contribution in [3.05, 3.63) is 30.1 Å². The predicted octanol–water partition coefficient (Wildman–Crippen LogP) is 2.24. The van der Waals surface area contributed by atoms with Crippen LogP contribution in [-0.2, 0) is 4.79 Å². The van der Waals surface area contributed by atoms with E-state index in [9.17, 15) is 4.79 Å². The molecule has 0 aliphatic carbocycles. The van der Waals surface area contributed by atoms with Crippen molar-refractivity contribution in [3.63, 3.8) is 0 Å². The molecule has 1 aromatic carbocycles. The van der Waals surface area contributed by atoms with Gasteiger partial charge < -0.3 is 10.1 Å². The second-order valence-corrected chi connectivity index (χ2v) is 4.91. The van der Waals surface area contributed by atoms with Crippen molar-refractivity contribution in [3.8, 4) is 5.75 Å². The molecule has 0 saturated carbocycles. The normalized spacial score (nSPS) is 10.3. The fourth-order valence-electron chi connectivity index (χ4n) is 1.55. The number of aromatic nitrogens is 3. The Kier molecular flexibility index (Phi) is 5.00. The number of anilines is 1. The van der Waals surface area contributed by atoms with Crippen LogP contribution in [0.2, 0.25) is 0 Å². The quantitative estimate of drug-likeness (QED) is 0.798. The lowest BCUT2D eigenvalue weighted by Gasteiger charge is -2.10. The Bertz CT molecular complexity index is 585. The van der Waals surface area contributed by atoms with Crippen molar-refractivity contribution < 1.29 is 9.53 Å². The topological polar surface area (TPSA) is 79.9 Å². The van der Waals surface area contributed by atoms with Gasteiger partial charge in [-0.05, 0) is 26.0 Å². The average Bonchev–Trinajstić information content (AvgIpc) is 2.85. The molecule has 1 aromatic heterocycles. The minimum Gasteiger partial charge on any atom is -0.492 e. The number of aryl methyl sites for hydroxylation is 1. The van der Waals surface area contributed by atoms with Crippen LogP contribution in [0.1, 0.15) is 12.7 Å². The van der Waals surface area contributed by atoms with E-state index in [0.29, 0.717) is 23.2 Å². The SMILES string of the molecule is CCOc1ccccc1NC(=O)CSc1n[nH]c(C)n1. The van der Waals surface area contributed by atoms with Gasteiger partial charge >= 0.3 is 0 Å². The highest BCUT2D eigenvalue weighted by molar-refractivity contribution is 7.99. The van der Waals surface area contributed by atoms with E-state index in [1.54, 1.807) is 0 Å². The maximum atomic E-state index is 11.9. The first-order valence-electron chi connectivity index (χ1n) is 6.22. The number of H-pyrrole nitrogens is 1. The number of hydrogen-bond acceptors (Lipinski definition) is 5. The number of carbonyl (C=O) groups is 1. The molecule has 0 spiro atoms. The molecule has 0 unspecified atom stereocenters. The standard InChI is InChI=1S/C13H16N4O2S/c1-3-19-11-7-5-4-6-10(11)15-12(18)8-20-13-14-9(2)16-17-13/h4-7H,3,8H2,1-2H3,(H,15,18)(H,14,16,17). The molecule has 1 heterocycles. The number of para-hydroxylation sites is 2. The molecule has 0 bridgehead atoms. The van der Waals surface area contributed by atoms with Crippen molar-refractivity contribution in [1.29, 1.82) is 0 Å². The summed E-state index contributed by atoms with van der Waals surface area (Å²) in [6.07, 6.45) is 0. The lowest BCUT2D eigenvalue weighted by atomic mass is 10.3. The van der Waals surface area contributed by atoms with Gasteiger partial charge in [0.05, 0.1) is 18.0 Å². The average molecular weight is 292 g/mol. The van der Waals surface area contributed by atoms with Crippen LogP contribution in [0.3, 0.4) is 0 Å². The molecule has 20 heavy (non-hydrogen) atoms. The number of ether oxygens (including phenoxy) is 1. The second-order valence-electron chi connectivity index (χ2n) is 3.97. The second kappa shape index (κ2) is 6.95. The Morgan fingerprint density at radius 1 is 1.45 bits per heavy atom. The Morgan fingerprint density at radius 2 is 2.25 bits per heavy atom. The predicted molar refractivity (Wildman–Crippen MR) is 78.1 cm³/mol. The van der Waals surface area contributed by atoms with Gasteiger partial charge in [0, 0.05) is 0 Å². The zero-order valence-corrected chi connectivity index (χ0v) is 12.2. The van der Waals surface area contributed by atoms with Crippen LogP contribution >= 0.6 is 11.8 Å². The molecule has 6 nitrogen and oxygen atoms in total.